The van der Waals surface area contributed by atoms with Crippen molar-refractivity contribution in [3.8, 4) is 0 Å². The number of hydrogen-bond donors (Lipinski definition) is 2. The Kier molecular flexibility index (Phi) is 3.69. The molecule has 1 unspecified atom stereocenters. The summed E-state index contributed by atoms with van der Waals surface area (Å²) in [4.78, 5) is 16.1. The summed E-state index contributed by atoms with van der Waals surface area (Å²) in [6.45, 7) is 1.84. The number of benzene rings is 1. The maximum Gasteiger partial charge on any atom is 0.245 e. The fourth-order valence-corrected chi connectivity index (χ4v) is 1.64. The Balaban J connectivity index is 2.12. The van der Waals surface area contributed by atoms with E-state index >= 15 is 0 Å². The number of aryl methyl sites for hydroxylation is 1. The lowest BCUT2D eigenvalue weighted by Gasteiger charge is -2.13. The molecule has 2 aromatic rings. The van der Waals surface area contributed by atoms with Crippen molar-refractivity contribution in [3.63, 3.8) is 0 Å². The maximum atomic E-state index is 12.0. The van der Waals surface area contributed by atoms with Crippen LogP contribution in [0.4, 0.5) is 5.69 Å². The third kappa shape index (κ3) is 2.73. The molecule has 0 bridgehead atoms. The van der Waals surface area contributed by atoms with Crippen molar-refractivity contribution in [1.82, 2.24) is 4.98 Å². The molecule has 3 N–H and O–H groups in total. The lowest BCUT2D eigenvalue weighted by atomic mass is 10.1. The summed E-state index contributed by atoms with van der Waals surface area (Å²) < 4.78 is 0. The first-order chi connectivity index (χ1) is 8.68. The van der Waals surface area contributed by atoms with Gasteiger partial charge in [0, 0.05) is 6.20 Å². The highest BCUT2D eigenvalue weighted by atomic mass is 16.2. The van der Waals surface area contributed by atoms with E-state index in [0.717, 1.165) is 11.3 Å². The minimum absolute atomic E-state index is 0.239. The standard InChI is InChI=1S/C14H15N3O/c1-10-12(8-5-9-16-10)17-14(18)13(15)11-6-3-2-4-7-11/h2-9,13H,15H2,1H3,(H,17,18). The molecule has 0 saturated carbocycles. The van der Waals surface area contributed by atoms with E-state index in [4.69, 9.17) is 5.73 Å². The van der Waals surface area contributed by atoms with Crippen molar-refractivity contribution >= 4 is 11.6 Å². The number of nitrogens with two attached hydrogens (primary N) is 1. The molecule has 0 aliphatic rings. The average molecular weight is 241 g/mol. The molecule has 0 radical (unpaired) electrons. The summed E-state index contributed by atoms with van der Waals surface area (Å²) in [6, 6.07) is 12.2. The summed E-state index contributed by atoms with van der Waals surface area (Å²) in [7, 11) is 0. The Labute approximate surface area is 106 Å². The highest BCUT2D eigenvalue weighted by Crippen LogP contribution is 2.15. The van der Waals surface area contributed by atoms with Gasteiger partial charge in [0.05, 0.1) is 11.4 Å². The molecule has 0 aliphatic heterocycles. The number of aromatic nitrogens is 1. The van der Waals surface area contributed by atoms with Gasteiger partial charge in [-0.05, 0) is 24.6 Å². The number of carbonyl (C=O) groups is 1. The van der Waals surface area contributed by atoms with Crippen molar-refractivity contribution in [2.75, 3.05) is 5.32 Å². The number of anilines is 1. The molecule has 4 nitrogen and oxygen atoms in total. The molecule has 0 saturated heterocycles. The Morgan fingerprint density at radius 3 is 2.61 bits per heavy atom. The molecule has 18 heavy (non-hydrogen) atoms. The van der Waals surface area contributed by atoms with Crippen molar-refractivity contribution in [2.24, 2.45) is 5.73 Å². The fraction of sp³-hybridized carbons (Fsp3) is 0.143. The zero-order valence-electron chi connectivity index (χ0n) is 10.1. The van der Waals surface area contributed by atoms with Crippen LogP contribution >= 0.6 is 0 Å². The molecule has 1 aromatic heterocycles. The second kappa shape index (κ2) is 5.42. The van der Waals surface area contributed by atoms with E-state index in [1.165, 1.54) is 0 Å². The van der Waals surface area contributed by atoms with Crippen LogP contribution in [0.2, 0.25) is 0 Å². The van der Waals surface area contributed by atoms with Crippen molar-refractivity contribution in [2.45, 2.75) is 13.0 Å². The molecule has 92 valence electrons. The minimum atomic E-state index is -0.675. The van der Waals surface area contributed by atoms with E-state index in [9.17, 15) is 4.79 Å². The van der Waals surface area contributed by atoms with E-state index in [2.05, 4.69) is 10.3 Å². The minimum Gasteiger partial charge on any atom is -0.323 e. The number of rotatable bonds is 3. The predicted octanol–water partition coefficient (Wildman–Crippen LogP) is 2.03. The first-order valence-electron chi connectivity index (χ1n) is 5.71. The lowest BCUT2D eigenvalue weighted by Crippen LogP contribution is -2.28. The smallest absolute Gasteiger partial charge is 0.245 e. The second-order valence-corrected chi connectivity index (χ2v) is 4.01. The summed E-state index contributed by atoms with van der Waals surface area (Å²) in [5.41, 5.74) is 8.15. The molecular weight excluding hydrogens is 226 g/mol. The van der Waals surface area contributed by atoms with Crippen LogP contribution in [0.1, 0.15) is 17.3 Å². The van der Waals surface area contributed by atoms with Crippen LogP contribution in [-0.2, 0) is 4.79 Å². The number of hydrogen-bond acceptors (Lipinski definition) is 3. The monoisotopic (exact) mass is 241 g/mol. The van der Waals surface area contributed by atoms with E-state index in [0.29, 0.717) is 5.69 Å². The highest BCUT2D eigenvalue weighted by Gasteiger charge is 2.16. The summed E-state index contributed by atoms with van der Waals surface area (Å²) in [5.74, 6) is -0.239. The van der Waals surface area contributed by atoms with E-state index in [-0.39, 0.29) is 5.91 Å². The molecule has 1 aromatic carbocycles. The van der Waals surface area contributed by atoms with Crippen molar-refractivity contribution in [3.05, 3.63) is 59.9 Å². The van der Waals surface area contributed by atoms with Crippen molar-refractivity contribution in [1.29, 1.82) is 0 Å². The number of pyridine rings is 1. The largest absolute Gasteiger partial charge is 0.323 e. The maximum absolute atomic E-state index is 12.0. The summed E-state index contributed by atoms with van der Waals surface area (Å²) in [6.07, 6.45) is 1.68. The van der Waals surface area contributed by atoms with Crippen LogP contribution in [0.5, 0.6) is 0 Å². The highest BCUT2D eigenvalue weighted by molar-refractivity contribution is 5.95. The third-order valence-electron chi connectivity index (χ3n) is 2.71. The van der Waals surface area contributed by atoms with E-state index < -0.39 is 6.04 Å². The molecule has 0 fully saturated rings. The molecule has 1 heterocycles. The van der Waals surface area contributed by atoms with Crippen LogP contribution in [0.25, 0.3) is 0 Å². The molecule has 0 spiro atoms. The molecule has 4 heteroatoms. The summed E-state index contributed by atoms with van der Waals surface area (Å²) in [5, 5.41) is 2.78. The van der Waals surface area contributed by atoms with Gasteiger partial charge in [-0.25, -0.2) is 0 Å². The van der Waals surface area contributed by atoms with Crippen LogP contribution < -0.4 is 11.1 Å². The Morgan fingerprint density at radius 1 is 1.22 bits per heavy atom. The molecular formula is C14H15N3O. The normalized spacial score (nSPS) is 11.9. The van der Waals surface area contributed by atoms with Gasteiger partial charge < -0.3 is 11.1 Å². The van der Waals surface area contributed by atoms with Gasteiger partial charge in [0.1, 0.15) is 6.04 Å². The van der Waals surface area contributed by atoms with Gasteiger partial charge in [0.25, 0.3) is 0 Å². The quantitative estimate of drug-likeness (QED) is 0.864. The predicted molar refractivity (Wildman–Crippen MR) is 71.0 cm³/mol. The Bertz CT molecular complexity index is 540. The van der Waals surface area contributed by atoms with Gasteiger partial charge in [-0.2, -0.15) is 0 Å². The third-order valence-corrected chi connectivity index (χ3v) is 2.71. The number of carbonyl (C=O) groups excluding carboxylic acids is 1. The van der Waals surface area contributed by atoms with E-state index in [1.807, 2.05) is 37.3 Å². The molecule has 1 atom stereocenters. The van der Waals surface area contributed by atoms with Crippen LogP contribution in [-0.4, -0.2) is 10.9 Å². The Morgan fingerprint density at radius 2 is 1.94 bits per heavy atom. The Hall–Kier alpha value is -2.20. The van der Waals surface area contributed by atoms with Gasteiger partial charge in [0.15, 0.2) is 0 Å². The second-order valence-electron chi connectivity index (χ2n) is 4.01. The first kappa shape index (κ1) is 12.3. The van der Waals surface area contributed by atoms with Gasteiger partial charge in [-0.3, -0.25) is 9.78 Å². The van der Waals surface area contributed by atoms with Gasteiger partial charge in [-0.1, -0.05) is 30.3 Å². The molecule has 1 amide bonds. The average Bonchev–Trinajstić information content (AvgIpc) is 2.41. The number of amides is 1. The van der Waals surface area contributed by atoms with Crippen molar-refractivity contribution < 1.29 is 4.79 Å². The van der Waals surface area contributed by atoms with Crippen LogP contribution in [0, 0.1) is 6.92 Å². The molecule has 2 rings (SSSR count). The SMILES string of the molecule is Cc1ncccc1NC(=O)C(N)c1ccccc1. The van der Waals surface area contributed by atoms with E-state index in [1.54, 1.807) is 18.3 Å². The first-order valence-corrected chi connectivity index (χ1v) is 5.71. The number of nitrogens with zero attached hydrogens (tertiary/aromatic N) is 1. The fourth-order valence-electron chi connectivity index (χ4n) is 1.64. The lowest BCUT2D eigenvalue weighted by molar-refractivity contribution is -0.117. The van der Waals surface area contributed by atoms with Crippen LogP contribution in [0.3, 0.4) is 0 Å². The topological polar surface area (TPSA) is 68.0 Å². The van der Waals surface area contributed by atoms with Crippen LogP contribution in [0.15, 0.2) is 48.7 Å². The zero-order chi connectivity index (χ0) is 13.0. The zero-order valence-corrected chi connectivity index (χ0v) is 10.1. The van der Waals surface area contributed by atoms with Gasteiger partial charge >= 0.3 is 0 Å². The summed E-state index contributed by atoms with van der Waals surface area (Å²) >= 11 is 0. The van der Waals surface area contributed by atoms with Gasteiger partial charge in [-0.15, -0.1) is 0 Å². The van der Waals surface area contributed by atoms with Gasteiger partial charge in [0.2, 0.25) is 5.91 Å². The molecule has 0 aliphatic carbocycles. The number of nitrogens with one attached hydrogen (secondary N) is 1.